The van der Waals surface area contributed by atoms with E-state index in [0.29, 0.717) is 9.50 Å². The molecule has 3 aromatic rings. The Balaban J connectivity index is 1.92. The van der Waals surface area contributed by atoms with Crippen LogP contribution in [0.1, 0.15) is 11.3 Å². The molecule has 1 aromatic heterocycles. The van der Waals surface area contributed by atoms with E-state index >= 15 is 0 Å². The van der Waals surface area contributed by atoms with Crippen LogP contribution in [-0.4, -0.2) is 4.98 Å². The molecule has 20 heavy (non-hydrogen) atoms. The van der Waals surface area contributed by atoms with Crippen LogP contribution in [0.5, 0.6) is 0 Å². The van der Waals surface area contributed by atoms with E-state index in [1.165, 1.54) is 6.07 Å². The molecule has 0 aliphatic carbocycles. The van der Waals surface area contributed by atoms with Gasteiger partial charge in [0, 0.05) is 21.6 Å². The van der Waals surface area contributed by atoms with Gasteiger partial charge in [-0.2, -0.15) is 0 Å². The van der Waals surface area contributed by atoms with Gasteiger partial charge in [0.25, 0.3) is 0 Å². The molecule has 0 spiro atoms. The van der Waals surface area contributed by atoms with Crippen LogP contribution in [0.2, 0.25) is 5.02 Å². The molecule has 4 heteroatoms. The van der Waals surface area contributed by atoms with Crippen LogP contribution in [0.15, 0.2) is 46.9 Å². The number of aromatic amines is 1. The summed E-state index contributed by atoms with van der Waals surface area (Å²) < 4.78 is 13.9. The molecule has 1 nitrogen and oxygen atoms in total. The van der Waals surface area contributed by atoms with E-state index in [4.69, 9.17) is 11.6 Å². The van der Waals surface area contributed by atoms with Gasteiger partial charge < -0.3 is 4.98 Å². The van der Waals surface area contributed by atoms with Gasteiger partial charge in [0.15, 0.2) is 0 Å². The first kappa shape index (κ1) is 13.4. The van der Waals surface area contributed by atoms with Crippen molar-refractivity contribution in [1.82, 2.24) is 4.98 Å². The van der Waals surface area contributed by atoms with Gasteiger partial charge in [-0.25, -0.2) is 4.39 Å². The highest BCUT2D eigenvalue weighted by molar-refractivity contribution is 9.10. The summed E-state index contributed by atoms with van der Waals surface area (Å²) in [5.41, 5.74) is 2.88. The summed E-state index contributed by atoms with van der Waals surface area (Å²) >= 11 is 9.02. The molecule has 0 unspecified atom stereocenters. The molecule has 1 N–H and O–H groups in total. The summed E-state index contributed by atoms with van der Waals surface area (Å²) in [5, 5.41) is 1.56. The second-order valence-electron chi connectivity index (χ2n) is 4.46. The Morgan fingerprint density at radius 3 is 2.55 bits per heavy atom. The van der Waals surface area contributed by atoms with E-state index in [2.05, 4.69) is 20.9 Å². The van der Waals surface area contributed by atoms with E-state index < -0.39 is 0 Å². The predicted molar refractivity (Wildman–Crippen MR) is 86.3 cm³/mol. The molecule has 0 saturated heterocycles. The molecule has 3 rings (SSSR count). The first-order valence-electron chi connectivity index (χ1n) is 6.03. The molecule has 0 fully saturated rings. The fourth-order valence-corrected chi connectivity index (χ4v) is 2.47. The molecule has 0 aliphatic heterocycles. The molecule has 100 valence electrons. The van der Waals surface area contributed by atoms with Crippen molar-refractivity contribution in [2.24, 2.45) is 0 Å². The van der Waals surface area contributed by atoms with E-state index in [-0.39, 0.29) is 5.82 Å². The van der Waals surface area contributed by atoms with Gasteiger partial charge in [-0.1, -0.05) is 29.8 Å². The fourth-order valence-electron chi connectivity index (χ4n) is 2.00. The van der Waals surface area contributed by atoms with Crippen molar-refractivity contribution in [2.75, 3.05) is 0 Å². The minimum Gasteiger partial charge on any atom is -0.355 e. The molecule has 0 amide bonds. The Kier molecular flexibility index (Phi) is 3.64. The molecule has 1 heterocycles. The van der Waals surface area contributed by atoms with Crippen LogP contribution < -0.4 is 0 Å². The maximum Gasteiger partial charge on any atom is 0.138 e. The van der Waals surface area contributed by atoms with Gasteiger partial charge in [-0.3, -0.25) is 0 Å². The number of fused-ring (bicyclic) bond motifs is 1. The summed E-state index contributed by atoms with van der Waals surface area (Å²) in [6.45, 7) is 0. The van der Waals surface area contributed by atoms with E-state index in [9.17, 15) is 4.39 Å². The van der Waals surface area contributed by atoms with Gasteiger partial charge in [0.1, 0.15) is 5.82 Å². The number of H-pyrrole nitrogens is 1. The third-order valence-corrected chi connectivity index (χ3v) is 3.87. The summed E-state index contributed by atoms with van der Waals surface area (Å²) in [4.78, 5) is 3.24. The number of rotatable bonds is 2. The zero-order valence-corrected chi connectivity index (χ0v) is 12.7. The van der Waals surface area contributed by atoms with Crippen LogP contribution in [0.4, 0.5) is 4.39 Å². The van der Waals surface area contributed by atoms with E-state index in [0.717, 1.165) is 22.2 Å². The molecule has 0 aliphatic rings. The first-order chi connectivity index (χ1) is 9.61. The molecular formula is C16H10BrClFN. The summed E-state index contributed by atoms with van der Waals surface area (Å²) in [6, 6.07) is 12.7. The standard InChI is InChI=1S/C16H10BrClFN/c17-14-9-16-11(8-15(14)19)7-13(20-16)6-3-10-1-4-12(18)5-2-10/h1-9,20H/b6-3+. The Bertz CT molecular complexity index is 751. The average Bonchev–Trinajstić information content (AvgIpc) is 2.80. The molecule has 0 radical (unpaired) electrons. The molecule has 0 atom stereocenters. The van der Waals surface area contributed by atoms with Crippen LogP contribution in [-0.2, 0) is 0 Å². The third-order valence-electron chi connectivity index (χ3n) is 3.01. The number of halogens is 3. The normalized spacial score (nSPS) is 11.6. The zero-order valence-electron chi connectivity index (χ0n) is 10.3. The van der Waals surface area contributed by atoms with Gasteiger partial charge >= 0.3 is 0 Å². The Labute approximate surface area is 129 Å². The SMILES string of the molecule is Fc1cc2cc(/C=C/c3ccc(Cl)cc3)[nH]c2cc1Br. The minimum atomic E-state index is -0.260. The van der Waals surface area contributed by atoms with Gasteiger partial charge in [-0.15, -0.1) is 0 Å². The Morgan fingerprint density at radius 2 is 1.80 bits per heavy atom. The van der Waals surface area contributed by atoms with Crippen LogP contribution in [0.25, 0.3) is 23.1 Å². The van der Waals surface area contributed by atoms with Gasteiger partial charge in [0.2, 0.25) is 0 Å². The molecule has 0 saturated carbocycles. The zero-order chi connectivity index (χ0) is 14.1. The Hall–Kier alpha value is -1.58. The van der Waals surface area contributed by atoms with Crippen molar-refractivity contribution in [3.8, 4) is 0 Å². The van der Waals surface area contributed by atoms with Crippen LogP contribution >= 0.6 is 27.5 Å². The first-order valence-corrected chi connectivity index (χ1v) is 7.20. The number of hydrogen-bond acceptors (Lipinski definition) is 0. The highest BCUT2D eigenvalue weighted by Crippen LogP contribution is 2.24. The predicted octanol–water partition coefficient (Wildman–Crippen LogP) is 5.89. The lowest BCUT2D eigenvalue weighted by molar-refractivity contribution is 0.623. The van der Waals surface area contributed by atoms with Gasteiger partial charge in [0.05, 0.1) is 4.47 Å². The number of aromatic nitrogens is 1. The number of nitrogens with one attached hydrogen (secondary N) is 1. The van der Waals surface area contributed by atoms with Crippen molar-refractivity contribution < 1.29 is 4.39 Å². The van der Waals surface area contributed by atoms with Crippen molar-refractivity contribution >= 4 is 50.6 Å². The molecule has 0 bridgehead atoms. The van der Waals surface area contributed by atoms with Crippen molar-refractivity contribution in [1.29, 1.82) is 0 Å². The monoisotopic (exact) mass is 349 g/mol. The summed E-state index contributed by atoms with van der Waals surface area (Å²) in [6.07, 6.45) is 3.93. The Morgan fingerprint density at radius 1 is 1.05 bits per heavy atom. The van der Waals surface area contributed by atoms with Crippen molar-refractivity contribution in [3.05, 3.63) is 69.0 Å². The highest BCUT2D eigenvalue weighted by Gasteiger charge is 2.04. The lowest BCUT2D eigenvalue weighted by Crippen LogP contribution is -1.76. The summed E-state index contributed by atoms with van der Waals surface area (Å²) in [7, 11) is 0. The lowest BCUT2D eigenvalue weighted by atomic mass is 10.2. The summed E-state index contributed by atoms with van der Waals surface area (Å²) in [5.74, 6) is -0.260. The van der Waals surface area contributed by atoms with E-state index in [1.54, 1.807) is 6.07 Å². The highest BCUT2D eigenvalue weighted by atomic mass is 79.9. The largest absolute Gasteiger partial charge is 0.355 e. The van der Waals surface area contributed by atoms with Gasteiger partial charge in [-0.05, 0) is 57.9 Å². The minimum absolute atomic E-state index is 0.260. The maximum absolute atomic E-state index is 13.5. The number of hydrogen-bond donors (Lipinski definition) is 1. The van der Waals surface area contributed by atoms with E-state index in [1.807, 2.05) is 42.5 Å². The maximum atomic E-state index is 13.5. The molecular weight excluding hydrogens is 341 g/mol. The third kappa shape index (κ3) is 2.79. The molecule has 2 aromatic carbocycles. The second kappa shape index (κ2) is 5.43. The van der Waals surface area contributed by atoms with Crippen molar-refractivity contribution in [2.45, 2.75) is 0 Å². The average molecular weight is 351 g/mol. The quantitative estimate of drug-likeness (QED) is 0.593. The smallest absolute Gasteiger partial charge is 0.138 e. The second-order valence-corrected chi connectivity index (χ2v) is 5.75. The topological polar surface area (TPSA) is 15.8 Å². The van der Waals surface area contributed by atoms with Crippen LogP contribution in [0, 0.1) is 5.82 Å². The lowest BCUT2D eigenvalue weighted by Gasteiger charge is -1.93. The van der Waals surface area contributed by atoms with Crippen LogP contribution in [0.3, 0.4) is 0 Å². The van der Waals surface area contributed by atoms with Crippen molar-refractivity contribution in [3.63, 3.8) is 0 Å². The number of benzene rings is 2. The fraction of sp³-hybridized carbons (Fsp3) is 0.